The van der Waals surface area contributed by atoms with Gasteiger partial charge in [0.2, 0.25) is 5.89 Å². The first-order valence-electron chi connectivity index (χ1n) is 12.3. The minimum absolute atomic E-state index is 0.0182. The predicted molar refractivity (Wildman–Crippen MR) is 135 cm³/mol. The topological polar surface area (TPSA) is 87.1 Å². The quantitative estimate of drug-likeness (QED) is 0.368. The number of nitrogens with zero attached hydrogens (tertiary/aromatic N) is 3. The van der Waals surface area contributed by atoms with E-state index < -0.39 is 5.60 Å². The monoisotopic (exact) mass is 466 g/mol. The van der Waals surface area contributed by atoms with Crippen molar-refractivity contribution in [3.8, 4) is 17.2 Å². The van der Waals surface area contributed by atoms with Crippen molar-refractivity contribution in [1.29, 1.82) is 0 Å². The molecule has 2 aromatic carbocycles. The highest BCUT2D eigenvalue weighted by Gasteiger charge is 2.52. The number of nitrogens with two attached hydrogens (primary N) is 1. The summed E-state index contributed by atoms with van der Waals surface area (Å²) < 4.78 is 11.8. The van der Waals surface area contributed by atoms with Gasteiger partial charge in [0.15, 0.2) is 0 Å². The molecule has 35 heavy (non-hydrogen) atoms. The zero-order valence-electron chi connectivity index (χ0n) is 20.1. The summed E-state index contributed by atoms with van der Waals surface area (Å²) in [6.07, 6.45) is 6.90. The SMILES string of the molecule is CC(C)(Oc1ccc([C@]2(c3ccc(-c4nnc(N)o4)cc3)C[C@@H]3CC[C@H]2C3)cc1)c1ccccn1. The van der Waals surface area contributed by atoms with Crippen LogP contribution in [-0.2, 0) is 11.0 Å². The van der Waals surface area contributed by atoms with Crippen LogP contribution in [0.1, 0.15) is 56.4 Å². The Morgan fingerprint density at radius 2 is 1.69 bits per heavy atom. The molecule has 0 unspecified atom stereocenters. The third kappa shape index (κ3) is 3.77. The number of rotatable bonds is 6. The van der Waals surface area contributed by atoms with E-state index in [0.717, 1.165) is 22.9 Å². The third-order valence-electron chi connectivity index (χ3n) is 7.96. The summed E-state index contributed by atoms with van der Waals surface area (Å²) in [7, 11) is 0. The number of pyridine rings is 1. The van der Waals surface area contributed by atoms with Gasteiger partial charge in [0.1, 0.15) is 11.4 Å². The Balaban J connectivity index is 1.31. The lowest BCUT2D eigenvalue weighted by atomic mass is 9.64. The van der Waals surface area contributed by atoms with Crippen LogP contribution in [0.15, 0.2) is 77.3 Å². The van der Waals surface area contributed by atoms with E-state index in [1.54, 1.807) is 6.20 Å². The van der Waals surface area contributed by atoms with E-state index >= 15 is 0 Å². The van der Waals surface area contributed by atoms with Crippen molar-refractivity contribution in [1.82, 2.24) is 15.2 Å². The highest BCUT2D eigenvalue weighted by Crippen LogP contribution is 2.60. The average molecular weight is 467 g/mol. The molecule has 0 spiro atoms. The minimum atomic E-state index is -0.513. The number of fused-ring (bicyclic) bond motifs is 2. The Bertz CT molecular complexity index is 1320. The number of hydrogen-bond acceptors (Lipinski definition) is 6. The molecule has 0 aliphatic heterocycles. The standard InChI is InChI=1S/C29H30N4O2/c1-28(2,25-5-3-4-16-31-25)35-24-14-12-22(13-15-24)29(18-19-6-9-23(29)17-19)21-10-7-20(8-11-21)26-32-33-27(30)34-26/h3-5,7-8,10-16,19,23H,6,9,17-18H2,1-2H3,(H2,30,33)/t19-,23+,29-/m1/s1. The fourth-order valence-corrected chi connectivity index (χ4v) is 6.35. The highest BCUT2D eigenvalue weighted by molar-refractivity contribution is 5.56. The van der Waals surface area contributed by atoms with Gasteiger partial charge < -0.3 is 14.9 Å². The number of anilines is 1. The molecule has 2 heterocycles. The van der Waals surface area contributed by atoms with E-state index in [1.165, 1.54) is 36.8 Å². The highest BCUT2D eigenvalue weighted by atomic mass is 16.5. The summed E-state index contributed by atoms with van der Waals surface area (Å²) in [5.74, 6) is 2.74. The number of ether oxygens (including phenoxy) is 1. The van der Waals surface area contributed by atoms with Gasteiger partial charge in [-0.05, 0) is 92.5 Å². The zero-order valence-corrected chi connectivity index (χ0v) is 20.1. The van der Waals surface area contributed by atoms with Crippen molar-refractivity contribution in [3.63, 3.8) is 0 Å². The molecule has 2 bridgehead atoms. The lowest BCUT2D eigenvalue weighted by molar-refractivity contribution is 0.104. The molecule has 4 aromatic rings. The van der Waals surface area contributed by atoms with Gasteiger partial charge in [0.05, 0.1) is 5.69 Å². The molecule has 6 rings (SSSR count). The van der Waals surface area contributed by atoms with Gasteiger partial charge in [-0.1, -0.05) is 41.9 Å². The fraction of sp³-hybridized carbons (Fsp3) is 0.345. The molecule has 2 fully saturated rings. The van der Waals surface area contributed by atoms with Gasteiger partial charge in [-0.2, -0.15) is 0 Å². The molecule has 6 heteroatoms. The van der Waals surface area contributed by atoms with Gasteiger partial charge in [-0.15, -0.1) is 5.10 Å². The fourth-order valence-electron chi connectivity index (χ4n) is 6.35. The van der Waals surface area contributed by atoms with Crippen LogP contribution in [0.3, 0.4) is 0 Å². The second-order valence-corrected chi connectivity index (χ2v) is 10.4. The van der Waals surface area contributed by atoms with Crippen LogP contribution in [0.25, 0.3) is 11.5 Å². The molecule has 2 aromatic heterocycles. The molecule has 178 valence electrons. The zero-order chi connectivity index (χ0) is 24.0. The largest absolute Gasteiger partial charge is 0.482 e. The molecule has 3 atom stereocenters. The first-order chi connectivity index (χ1) is 16.9. The second-order valence-electron chi connectivity index (χ2n) is 10.4. The van der Waals surface area contributed by atoms with E-state index in [9.17, 15) is 0 Å². The van der Waals surface area contributed by atoms with E-state index in [4.69, 9.17) is 14.9 Å². The van der Waals surface area contributed by atoms with Crippen molar-refractivity contribution in [2.24, 2.45) is 11.8 Å². The summed E-state index contributed by atoms with van der Waals surface area (Å²) in [6.45, 7) is 4.11. The van der Waals surface area contributed by atoms with Gasteiger partial charge in [0, 0.05) is 17.2 Å². The summed E-state index contributed by atoms with van der Waals surface area (Å²) in [6, 6.07) is 23.4. The van der Waals surface area contributed by atoms with E-state index in [2.05, 4.69) is 77.6 Å². The van der Waals surface area contributed by atoms with Crippen LogP contribution < -0.4 is 10.5 Å². The smallest absolute Gasteiger partial charge is 0.313 e. The molecule has 2 N–H and O–H groups in total. The number of nitrogen functional groups attached to an aromatic ring is 1. The Morgan fingerprint density at radius 3 is 2.26 bits per heavy atom. The van der Waals surface area contributed by atoms with E-state index in [-0.39, 0.29) is 11.4 Å². The lowest BCUT2D eigenvalue weighted by Gasteiger charge is -2.39. The molecule has 0 radical (unpaired) electrons. The van der Waals surface area contributed by atoms with Gasteiger partial charge in [-0.25, -0.2) is 0 Å². The van der Waals surface area contributed by atoms with Crippen LogP contribution in [0.4, 0.5) is 6.01 Å². The normalized spacial score (nSPS) is 23.5. The van der Waals surface area contributed by atoms with Crippen molar-refractivity contribution in [2.75, 3.05) is 5.73 Å². The van der Waals surface area contributed by atoms with Crippen molar-refractivity contribution in [2.45, 2.75) is 50.5 Å². The molecule has 2 aliphatic carbocycles. The predicted octanol–water partition coefficient (Wildman–Crippen LogP) is 6.13. The minimum Gasteiger partial charge on any atom is -0.482 e. The molecule has 2 aliphatic rings. The van der Waals surface area contributed by atoms with Crippen LogP contribution in [-0.4, -0.2) is 15.2 Å². The third-order valence-corrected chi connectivity index (χ3v) is 7.96. The van der Waals surface area contributed by atoms with E-state index in [1.807, 2.05) is 18.2 Å². The Labute approximate surface area is 205 Å². The summed E-state index contributed by atoms with van der Waals surface area (Å²) in [4.78, 5) is 4.49. The molecule has 2 saturated carbocycles. The Morgan fingerprint density at radius 1 is 0.943 bits per heavy atom. The van der Waals surface area contributed by atoms with Gasteiger partial charge in [0.25, 0.3) is 0 Å². The molecular formula is C29H30N4O2. The summed E-state index contributed by atoms with van der Waals surface area (Å²) >= 11 is 0. The number of hydrogen-bond donors (Lipinski definition) is 1. The lowest BCUT2D eigenvalue weighted by Crippen LogP contribution is -2.34. The van der Waals surface area contributed by atoms with Crippen molar-refractivity contribution in [3.05, 3.63) is 89.7 Å². The van der Waals surface area contributed by atoms with Crippen LogP contribution in [0, 0.1) is 11.8 Å². The van der Waals surface area contributed by atoms with Crippen LogP contribution >= 0.6 is 0 Å². The number of aromatic nitrogens is 3. The Kier molecular flexibility index (Phi) is 5.13. The van der Waals surface area contributed by atoms with Crippen LogP contribution in [0.2, 0.25) is 0 Å². The maximum atomic E-state index is 6.38. The first-order valence-corrected chi connectivity index (χ1v) is 12.3. The van der Waals surface area contributed by atoms with E-state index in [0.29, 0.717) is 11.8 Å². The first kappa shape index (κ1) is 21.8. The maximum absolute atomic E-state index is 6.38. The molecular weight excluding hydrogens is 436 g/mol. The average Bonchev–Trinajstić information content (AvgIpc) is 3.62. The van der Waals surface area contributed by atoms with Gasteiger partial charge >= 0.3 is 6.01 Å². The van der Waals surface area contributed by atoms with Crippen molar-refractivity contribution >= 4 is 6.01 Å². The molecule has 0 saturated heterocycles. The molecule has 0 amide bonds. The number of benzene rings is 2. The van der Waals surface area contributed by atoms with Crippen molar-refractivity contribution < 1.29 is 9.15 Å². The Hall–Kier alpha value is -3.67. The van der Waals surface area contributed by atoms with Crippen LogP contribution in [0.5, 0.6) is 5.75 Å². The second kappa shape index (κ2) is 8.22. The summed E-state index contributed by atoms with van der Waals surface area (Å²) in [5, 5.41) is 7.81. The maximum Gasteiger partial charge on any atom is 0.313 e. The molecule has 6 nitrogen and oxygen atoms in total. The summed E-state index contributed by atoms with van der Waals surface area (Å²) in [5.41, 5.74) is 9.63. The van der Waals surface area contributed by atoms with Gasteiger partial charge in [-0.3, -0.25) is 4.98 Å².